The van der Waals surface area contributed by atoms with Gasteiger partial charge in [0.05, 0.1) is 18.6 Å². The highest BCUT2D eigenvalue weighted by Gasteiger charge is 2.42. The number of nitrogens with zero attached hydrogens (tertiary/aromatic N) is 1. The number of rotatable bonds is 5. The molecule has 7 nitrogen and oxygen atoms in total. The summed E-state index contributed by atoms with van der Waals surface area (Å²) in [6.07, 6.45) is 0. The van der Waals surface area contributed by atoms with Crippen LogP contribution < -0.4 is 4.74 Å². The van der Waals surface area contributed by atoms with Crippen molar-refractivity contribution in [1.82, 2.24) is 4.31 Å². The van der Waals surface area contributed by atoms with Crippen molar-refractivity contribution in [2.24, 2.45) is 0 Å². The number of aliphatic hydroxyl groups excluding tert-OH is 1. The second kappa shape index (κ2) is 8.73. The van der Waals surface area contributed by atoms with Gasteiger partial charge in [-0.3, -0.25) is 13.9 Å². The van der Waals surface area contributed by atoms with Gasteiger partial charge >= 0.3 is 0 Å². The topological polar surface area (TPSA) is 101 Å². The average Bonchev–Trinajstić information content (AvgIpc) is 2.82. The Kier molecular flexibility index (Phi) is 5.97. The zero-order valence-corrected chi connectivity index (χ0v) is 18.9. The van der Waals surface area contributed by atoms with Crippen LogP contribution in [0, 0.1) is 0 Å². The summed E-state index contributed by atoms with van der Waals surface area (Å²) >= 11 is 5.97. The van der Waals surface area contributed by atoms with Gasteiger partial charge in [-0.15, -0.1) is 0 Å². The lowest BCUT2D eigenvalue weighted by atomic mass is 10.0. The summed E-state index contributed by atoms with van der Waals surface area (Å²) in [6.45, 7) is -0.702. The van der Waals surface area contributed by atoms with E-state index < -0.39 is 39.6 Å². The molecule has 0 saturated carbocycles. The van der Waals surface area contributed by atoms with Gasteiger partial charge in [-0.25, -0.2) is 8.42 Å². The van der Waals surface area contributed by atoms with Crippen LogP contribution >= 0.6 is 11.6 Å². The molecule has 4 rings (SSSR count). The van der Waals surface area contributed by atoms with Gasteiger partial charge in [-0.05, 0) is 36.4 Å². The number of aliphatic hydroxyl groups is 1. The summed E-state index contributed by atoms with van der Waals surface area (Å²) in [5.74, 6) is -1.51. The number of ketones is 2. The molecule has 0 spiro atoms. The van der Waals surface area contributed by atoms with Gasteiger partial charge in [0.15, 0.2) is 11.5 Å². The average molecular weight is 484 g/mol. The number of allylic oxidation sites excluding steroid dienone is 1. The van der Waals surface area contributed by atoms with E-state index in [0.29, 0.717) is 15.1 Å². The van der Waals surface area contributed by atoms with E-state index in [1.54, 1.807) is 24.3 Å². The van der Waals surface area contributed by atoms with E-state index in [2.05, 4.69) is 0 Å². The van der Waals surface area contributed by atoms with E-state index in [0.717, 1.165) is 0 Å². The van der Waals surface area contributed by atoms with Crippen LogP contribution in [0.3, 0.4) is 0 Å². The summed E-state index contributed by atoms with van der Waals surface area (Å²) in [5, 5.41) is 11.4. The van der Waals surface area contributed by atoms with Crippen LogP contribution in [-0.2, 0) is 10.0 Å². The molecule has 0 unspecified atom stereocenters. The molecule has 0 amide bonds. The summed E-state index contributed by atoms with van der Waals surface area (Å²) in [6, 6.07) is 17.9. The minimum absolute atomic E-state index is 0.0894. The molecular formula is C24H18ClNO6S. The minimum atomic E-state index is -4.34. The second-order valence-corrected chi connectivity index (χ2v) is 9.47. The van der Waals surface area contributed by atoms with E-state index >= 15 is 0 Å². The number of hydrogen-bond donors (Lipinski definition) is 1. The number of ether oxygens (including phenoxy) is 1. The molecule has 0 aliphatic carbocycles. The van der Waals surface area contributed by atoms with Crippen molar-refractivity contribution >= 4 is 38.9 Å². The third kappa shape index (κ3) is 4.10. The number of fused-ring (bicyclic) bond motifs is 1. The fourth-order valence-electron chi connectivity index (χ4n) is 3.54. The van der Waals surface area contributed by atoms with Crippen molar-refractivity contribution < 1.29 is 27.9 Å². The lowest BCUT2D eigenvalue weighted by Crippen LogP contribution is -2.42. The Labute approximate surface area is 195 Å². The molecule has 1 aliphatic heterocycles. The van der Waals surface area contributed by atoms with Crippen LogP contribution in [-0.4, -0.2) is 43.1 Å². The Morgan fingerprint density at radius 1 is 1.00 bits per heavy atom. The number of methoxy groups -OCH3 is 1. The maximum absolute atomic E-state index is 13.5. The number of carbonyl (C=O) groups excluding carboxylic acids is 2. The lowest BCUT2D eigenvalue weighted by Gasteiger charge is -2.31. The molecule has 33 heavy (non-hydrogen) atoms. The largest absolute Gasteiger partial charge is 0.505 e. The molecule has 3 aromatic carbocycles. The number of Topliss-reactive ketones (excluding diaryl/α,β-unsaturated/α-hetero) is 2. The fraction of sp³-hybridized carbons (Fsp3) is 0.0833. The van der Waals surface area contributed by atoms with E-state index in [4.69, 9.17) is 16.3 Å². The fourth-order valence-corrected chi connectivity index (χ4v) is 5.35. The predicted molar refractivity (Wildman–Crippen MR) is 123 cm³/mol. The summed E-state index contributed by atoms with van der Waals surface area (Å²) in [7, 11) is -2.90. The van der Waals surface area contributed by atoms with Gasteiger partial charge in [-0.2, -0.15) is 0 Å². The Morgan fingerprint density at radius 2 is 1.70 bits per heavy atom. The molecule has 3 aromatic rings. The van der Waals surface area contributed by atoms with Gasteiger partial charge < -0.3 is 9.84 Å². The Hall–Kier alpha value is -3.62. The molecule has 1 aliphatic rings. The highest BCUT2D eigenvalue weighted by molar-refractivity contribution is 7.89. The Bertz CT molecular complexity index is 1410. The highest BCUT2D eigenvalue weighted by atomic mass is 35.5. The summed E-state index contributed by atoms with van der Waals surface area (Å²) in [4.78, 5) is 26.1. The number of sulfonamides is 1. The minimum Gasteiger partial charge on any atom is -0.505 e. The molecule has 168 valence electrons. The van der Waals surface area contributed by atoms with Crippen molar-refractivity contribution in [2.75, 3.05) is 13.7 Å². The van der Waals surface area contributed by atoms with Gasteiger partial charge in [0.2, 0.25) is 5.78 Å². The van der Waals surface area contributed by atoms with Crippen molar-refractivity contribution in [3.05, 3.63) is 100 Å². The van der Waals surface area contributed by atoms with Crippen molar-refractivity contribution in [2.45, 2.75) is 4.90 Å². The highest BCUT2D eigenvalue weighted by Crippen LogP contribution is 2.36. The van der Waals surface area contributed by atoms with Gasteiger partial charge in [0.25, 0.3) is 10.0 Å². The van der Waals surface area contributed by atoms with Gasteiger partial charge in [0.1, 0.15) is 11.4 Å². The second-order valence-electron chi connectivity index (χ2n) is 7.20. The molecule has 9 heteroatoms. The van der Waals surface area contributed by atoms with Crippen LogP contribution in [0.4, 0.5) is 0 Å². The molecule has 0 saturated heterocycles. The molecule has 1 heterocycles. The molecule has 0 radical (unpaired) electrons. The van der Waals surface area contributed by atoms with E-state index in [1.165, 1.54) is 55.6 Å². The zero-order chi connectivity index (χ0) is 23.8. The maximum Gasteiger partial charge on any atom is 0.265 e. The first kappa shape index (κ1) is 22.6. The third-order valence-electron chi connectivity index (χ3n) is 5.17. The van der Waals surface area contributed by atoms with Crippen molar-refractivity contribution in [3.8, 4) is 5.75 Å². The molecule has 0 bridgehead atoms. The first-order chi connectivity index (χ1) is 15.7. The third-order valence-corrected chi connectivity index (χ3v) is 7.20. The number of halogens is 1. The Morgan fingerprint density at radius 3 is 2.42 bits per heavy atom. The van der Waals surface area contributed by atoms with Crippen molar-refractivity contribution in [3.63, 3.8) is 0 Å². The van der Waals surface area contributed by atoms with E-state index in [-0.39, 0.29) is 21.6 Å². The van der Waals surface area contributed by atoms with Gasteiger partial charge in [0, 0.05) is 21.7 Å². The first-order valence-electron chi connectivity index (χ1n) is 9.77. The SMILES string of the molecule is COc1cccc(/C(O)=C2/C(=O)c3ccccc3S(=O)(=O)N2CC(=O)c2cccc(Cl)c2)c1. The quantitative estimate of drug-likeness (QED) is 0.329. The number of carbonyl (C=O) groups is 2. The standard InChI is InChI=1S/C24H18ClNO6S/c1-32-18-9-5-7-16(13-18)23(28)22-24(29)19-10-2-3-11-21(19)33(30,31)26(22)14-20(27)15-6-4-8-17(25)12-15/h2-13,28H,14H2,1H3/b23-22+. The van der Waals surface area contributed by atoms with Crippen molar-refractivity contribution in [1.29, 1.82) is 0 Å². The van der Waals surface area contributed by atoms with Gasteiger partial charge in [-0.1, -0.05) is 48.0 Å². The van der Waals surface area contributed by atoms with Crippen LogP contribution in [0.15, 0.2) is 83.4 Å². The molecular weight excluding hydrogens is 466 g/mol. The number of hydrogen-bond acceptors (Lipinski definition) is 6. The molecule has 0 atom stereocenters. The molecule has 0 fully saturated rings. The van der Waals surface area contributed by atoms with E-state index in [9.17, 15) is 23.1 Å². The van der Waals surface area contributed by atoms with Crippen LogP contribution in [0.1, 0.15) is 26.3 Å². The van der Waals surface area contributed by atoms with E-state index in [1.807, 2.05) is 0 Å². The smallest absolute Gasteiger partial charge is 0.265 e. The zero-order valence-electron chi connectivity index (χ0n) is 17.4. The van der Waals surface area contributed by atoms with Crippen LogP contribution in [0.2, 0.25) is 5.02 Å². The first-order valence-corrected chi connectivity index (χ1v) is 11.6. The van der Waals surface area contributed by atoms with Crippen LogP contribution in [0.25, 0.3) is 5.76 Å². The lowest BCUT2D eigenvalue weighted by molar-refractivity contribution is 0.0952. The molecule has 0 aromatic heterocycles. The normalized spacial score (nSPS) is 16.2. The van der Waals surface area contributed by atoms with Crippen LogP contribution in [0.5, 0.6) is 5.75 Å². The Balaban J connectivity index is 1.91. The predicted octanol–water partition coefficient (Wildman–Crippen LogP) is 4.35. The summed E-state index contributed by atoms with van der Waals surface area (Å²) in [5.41, 5.74) is -0.276. The molecule has 1 N–H and O–H groups in total. The monoisotopic (exact) mass is 483 g/mol. The summed E-state index contributed by atoms with van der Waals surface area (Å²) < 4.78 is 32.8. The number of benzene rings is 3. The maximum atomic E-state index is 13.5.